The second-order valence-electron chi connectivity index (χ2n) is 4.06. The lowest BCUT2D eigenvalue weighted by molar-refractivity contribution is -0.139. The van der Waals surface area contributed by atoms with Crippen LogP contribution in [0.1, 0.15) is 22.3 Å². The summed E-state index contributed by atoms with van der Waals surface area (Å²) in [5, 5.41) is 20.1. The SMILES string of the molecule is CSc1ccc(C)c(C(=O)N[C@@H](CCO)C(=O)O)c1. The molecule has 19 heavy (non-hydrogen) atoms. The van der Waals surface area contributed by atoms with Crippen LogP contribution in [0.5, 0.6) is 0 Å². The summed E-state index contributed by atoms with van der Waals surface area (Å²) in [4.78, 5) is 23.9. The summed E-state index contributed by atoms with van der Waals surface area (Å²) in [5.41, 5.74) is 1.24. The number of amides is 1. The number of aliphatic hydroxyl groups is 1. The number of hydrogen-bond donors (Lipinski definition) is 3. The van der Waals surface area contributed by atoms with E-state index in [0.29, 0.717) is 5.56 Å². The van der Waals surface area contributed by atoms with E-state index in [0.717, 1.165) is 10.5 Å². The zero-order valence-electron chi connectivity index (χ0n) is 10.8. The molecule has 1 rings (SSSR count). The van der Waals surface area contributed by atoms with Gasteiger partial charge < -0.3 is 15.5 Å². The van der Waals surface area contributed by atoms with Crippen LogP contribution in [-0.4, -0.2) is 41.0 Å². The van der Waals surface area contributed by atoms with Crippen LogP contribution in [0.4, 0.5) is 0 Å². The number of carbonyl (C=O) groups excluding carboxylic acids is 1. The van der Waals surface area contributed by atoms with Gasteiger partial charge in [-0.3, -0.25) is 4.79 Å². The normalized spacial score (nSPS) is 11.9. The summed E-state index contributed by atoms with van der Waals surface area (Å²) in [6, 6.07) is 4.38. The van der Waals surface area contributed by atoms with Gasteiger partial charge in [0, 0.05) is 23.5 Å². The number of nitrogens with one attached hydrogen (secondary N) is 1. The summed E-state index contributed by atoms with van der Waals surface area (Å²) in [6.45, 7) is 1.50. The summed E-state index contributed by atoms with van der Waals surface area (Å²) in [5.74, 6) is -1.59. The molecule has 1 aromatic rings. The first-order chi connectivity index (χ1) is 8.99. The molecule has 1 aromatic carbocycles. The third-order valence-electron chi connectivity index (χ3n) is 2.71. The molecule has 104 valence electrons. The average molecular weight is 283 g/mol. The molecule has 0 aliphatic carbocycles. The van der Waals surface area contributed by atoms with Crippen LogP contribution in [0.25, 0.3) is 0 Å². The van der Waals surface area contributed by atoms with Crippen molar-refractivity contribution < 1.29 is 19.8 Å². The molecule has 6 heteroatoms. The average Bonchev–Trinajstić information content (AvgIpc) is 2.38. The van der Waals surface area contributed by atoms with Gasteiger partial charge in [0.1, 0.15) is 6.04 Å². The predicted molar refractivity (Wildman–Crippen MR) is 73.6 cm³/mol. The molecule has 0 aromatic heterocycles. The van der Waals surface area contributed by atoms with Crippen molar-refractivity contribution in [2.45, 2.75) is 24.3 Å². The smallest absolute Gasteiger partial charge is 0.326 e. The lowest BCUT2D eigenvalue weighted by Gasteiger charge is -2.14. The Morgan fingerprint density at radius 3 is 2.63 bits per heavy atom. The molecule has 0 spiro atoms. The molecule has 0 fully saturated rings. The minimum atomic E-state index is -1.15. The molecule has 3 N–H and O–H groups in total. The third kappa shape index (κ3) is 4.25. The summed E-state index contributed by atoms with van der Waals surface area (Å²) < 4.78 is 0. The molecule has 0 bridgehead atoms. The molecule has 0 saturated carbocycles. The highest BCUT2D eigenvalue weighted by Gasteiger charge is 2.20. The minimum Gasteiger partial charge on any atom is -0.480 e. The number of aliphatic carboxylic acids is 1. The first-order valence-corrected chi connectivity index (χ1v) is 7.01. The number of carbonyl (C=O) groups is 2. The van der Waals surface area contributed by atoms with Gasteiger partial charge in [0.05, 0.1) is 0 Å². The van der Waals surface area contributed by atoms with Gasteiger partial charge >= 0.3 is 5.97 Å². The highest BCUT2D eigenvalue weighted by Crippen LogP contribution is 2.19. The summed E-state index contributed by atoms with van der Waals surface area (Å²) >= 11 is 1.51. The first-order valence-electron chi connectivity index (χ1n) is 5.78. The number of aryl methyl sites for hydroxylation is 1. The summed E-state index contributed by atoms with van der Waals surface area (Å²) in [7, 11) is 0. The Bertz CT molecular complexity index is 476. The van der Waals surface area contributed by atoms with E-state index in [4.69, 9.17) is 10.2 Å². The molecule has 0 heterocycles. The van der Waals surface area contributed by atoms with Crippen molar-refractivity contribution >= 4 is 23.6 Å². The fourth-order valence-corrected chi connectivity index (χ4v) is 2.04. The molecule has 0 aliphatic heterocycles. The number of benzene rings is 1. The van der Waals surface area contributed by atoms with Crippen LogP contribution in [0.15, 0.2) is 23.1 Å². The minimum absolute atomic E-state index is 0.0116. The van der Waals surface area contributed by atoms with Crippen LogP contribution in [0.3, 0.4) is 0 Å². The molecular weight excluding hydrogens is 266 g/mol. The molecular formula is C13H17NO4S. The quantitative estimate of drug-likeness (QED) is 0.685. The van der Waals surface area contributed by atoms with Gasteiger partial charge in [0.15, 0.2) is 0 Å². The number of carboxylic acids is 1. The van der Waals surface area contributed by atoms with Crippen LogP contribution in [0.2, 0.25) is 0 Å². The van der Waals surface area contributed by atoms with Crippen molar-refractivity contribution in [3.05, 3.63) is 29.3 Å². The molecule has 0 saturated heterocycles. The zero-order valence-corrected chi connectivity index (χ0v) is 11.7. The van der Waals surface area contributed by atoms with E-state index >= 15 is 0 Å². The first kappa shape index (κ1) is 15.5. The Hall–Kier alpha value is -1.53. The van der Waals surface area contributed by atoms with E-state index in [9.17, 15) is 9.59 Å². The van der Waals surface area contributed by atoms with E-state index in [-0.39, 0.29) is 13.0 Å². The lowest BCUT2D eigenvalue weighted by Crippen LogP contribution is -2.41. The highest BCUT2D eigenvalue weighted by atomic mass is 32.2. The summed E-state index contributed by atoms with van der Waals surface area (Å²) in [6.07, 6.45) is 1.89. The molecule has 1 atom stereocenters. The zero-order chi connectivity index (χ0) is 14.4. The van der Waals surface area contributed by atoms with Crippen molar-refractivity contribution in [1.29, 1.82) is 0 Å². The highest BCUT2D eigenvalue weighted by molar-refractivity contribution is 7.98. The Morgan fingerprint density at radius 2 is 2.11 bits per heavy atom. The number of carboxylic acid groups (broad SMARTS) is 1. The lowest BCUT2D eigenvalue weighted by atomic mass is 10.1. The predicted octanol–water partition coefficient (Wildman–Crippen LogP) is 1.28. The maximum Gasteiger partial charge on any atom is 0.326 e. The third-order valence-corrected chi connectivity index (χ3v) is 3.44. The molecule has 0 radical (unpaired) electrons. The van der Waals surface area contributed by atoms with Crippen molar-refractivity contribution in [2.75, 3.05) is 12.9 Å². The molecule has 5 nitrogen and oxygen atoms in total. The van der Waals surface area contributed by atoms with E-state index in [1.54, 1.807) is 13.0 Å². The Kier molecular flexibility index (Phi) is 5.85. The topological polar surface area (TPSA) is 86.6 Å². The van der Waals surface area contributed by atoms with Crippen LogP contribution in [0, 0.1) is 6.92 Å². The van der Waals surface area contributed by atoms with Crippen molar-refractivity contribution in [2.24, 2.45) is 0 Å². The number of hydrogen-bond acceptors (Lipinski definition) is 4. The van der Waals surface area contributed by atoms with Crippen molar-refractivity contribution in [3.63, 3.8) is 0 Å². The van der Waals surface area contributed by atoms with E-state index in [1.807, 2.05) is 18.4 Å². The van der Waals surface area contributed by atoms with Gasteiger partial charge in [-0.1, -0.05) is 6.07 Å². The standard InChI is InChI=1S/C13H17NO4S/c1-8-3-4-9(19-2)7-10(8)12(16)14-11(5-6-15)13(17)18/h3-4,7,11,15H,5-6H2,1-2H3,(H,14,16)(H,17,18)/t11-/m0/s1. The van der Waals surface area contributed by atoms with Gasteiger partial charge in [0.25, 0.3) is 5.91 Å². The van der Waals surface area contributed by atoms with E-state index < -0.39 is 17.9 Å². The van der Waals surface area contributed by atoms with Gasteiger partial charge in [-0.15, -0.1) is 11.8 Å². The maximum atomic E-state index is 12.1. The van der Waals surface area contributed by atoms with Crippen LogP contribution in [-0.2, 0) is 4.79 Å². The fourth-order valence-electron chi connectivity index (χ4n) is 1.60. The van der Waals surface area contributed by atoms with Crippen molar-refractivity contribution in [3.8, 4) is 0 Å². The van der Waals surface area contributed by atoms with Gasteiger partial charge in [-0.05, 0) is 30.9 Å². The Balaban J connectivity index is 2.90. The molecule has 1 amide bonds. The van der Waals surface area contributed by atoms with Crippen LogP contribution >= 0.6 is 11.8 Å². The number of rotatable bonds is 6. The number of thioether (sulfide) groups is 1. The van der Waals surface area contributed by atoms with Gasteiger partial charge in [-0.25, -0.2) is 4.79 Å². The second kappa shape index (κ2) is 7.16. The maximum absolute atomic E-state index is 12.1. The second-order valence-corrected chi connectivity index (χ2v) is 4.94. The Labute approximate surface area is 116 Å². The molecule has 0 unspecified atom stereocenters. The van der Waals surface area contributed by atoms with Crippen LogP contribution < -0.4 is 5.32 Å². The van der Waals surface area contributed by atoms with Gasteiger partial charge in [0.2, 0.25) is 0 Å². The monoisotopic (exact) mass is 283 g/mol. The molecule has 0 aliphatic rings. The fraction of sp³-hybridized carbons (Fsp3) is 0.385. The van der Waals surface area contributed by atoms with E-state index in [1.165, 1.54) is 11.8 Å². The Morgan fingerprint density at radius 1 is 1.42 bits per heavy atom. The van der Waals surface area contributed by atoms with E-state index in [2.05, 4.69) is 5.32 Å². The van der Waals surface area contributed by atoms with Crippen molar-refractivity contribution in [1.82, 2.24) is 5.32 Å². The number of aliphatic hydroxyl groups excluding tert-OH is 1. The van der Waals surface area contributed by atoms with Gasteiger partial charge in [-0.2, -0.15) is 0 Å². The largest absolute Gasteiger partial charge is 0.480 e.